The van der Waals surface area contributed by atoms with Crippen molar-refractivity contribution in [1.29, 1.82) is 0 Å². The second kappa shape index (κ2) is 7.51. The first kappa shape index (κ1) is 15.9. The van der Waals surface area contributed by atoms with Gasteiger partial charge in [0.2, 0.25) is 0 Å². The van der Waals surface area contributed by atoms with Crippen molar-refractivity contribution in [2.75, 3.05) is 17.2 Å². The molecule has 0 aliphatic heterocycles. The van der Waals surface area contributed by atoms with Crippen LogP contribution in [0, 0.1) is 6.92 Å². The van der Waals surface area contributed by atoms with Gasteiger partial charge in [-0.15, -0.1) is 23.5 Å². The molecule has 0 spiro atoms. The van der Waals surface area contributed by atoms with Crippen LogP contribution in [0.3, 0.4) is 0 Å². The van der Waals surface area contributed by atoms with Gasteiger partial charge in [-0.05, 0) is 42.8 Å². The van der Waals surface area contributed by atoms with Crippen molar-refractivity contribution in [2.24, 2.45) is 0 Å². The Labute approximate surface area is 138 Å². The molecule has 0 radical (unpaired) electrons. The first-order valence-electron chi connectivity index (χ1n) is 6.13. The number of halogens is 2. The summed E-state index contributed by atoms with van der Waals surface area (Å²) in [6.07, 6.45) is 0. The van der Waals surface area contributed by atoms with Gasteiger partial charge < -0.3 is 5.73 Å². The molecule has 0 saturated heterocycles. The molecule has 0 aliphatic rings. The Morgan fingerprint density at radius 1 is 1.00 bits per heavy atom. The molecule has 0 aliphatic carbocycles. The Morgan fingerprint density at radius 2 is 1.70 bits per heavy atom. The fourth-order valence-corrected chi connectivity index (χ4v) is 4.23. The van der Waals surface area contributed by atoms with Crippen LogP contribution >= 0.6 is 46.7 Å². The molecule has 2 aromatic rings. The maximum atomic E-state index is 6.14. The smallest absolute Gasteiger partial charge is 0.0542 e. The fourth-order valence-electron chi connectivity index (χ4n) is 1.68. The summed E-state index contributed by atoms with van der Waals surface area (Å²) in [5.41, 5.74) is 7.91. The van der Waals surface area contributed by atoms with E-state index in [1.807, 2.05) is 36.0 Å². The molecule has 0 saturated carbocycles. The van der Waals surface area contributed by atoms with Crippen molar-refractivity contribution in [3.8, 4) is 0 Å². The van der Waals surface area contributed by atoms with Crippen molar-refractivity contribution < 1.29 is 0 Å². The second-order valence-electron chi connectivity index (χ2n) is 4.24. The predicted molar refractivity (Wildman–Crippen MR) is 93.5 cm³/mol. The van der Waals surface area contributed by atoms with Crippen molar-refractivity contribution in [2.45, 2.75) is 16.7 Å². The fraction of sp³-hybridized carbons (Fsp3) is 0.200. The zero-order valence-corrected chi connectivity index (χ0v) is 14.2. The minimum absolute atomic E-state index is 0.719. The number of hydrogen-bond donors (Lipinski definition) is 1. The number of benzene rings is 2. The number of hydrogen-bond acceptors (Lipinski definition) is 3. The van der Waals surface area contributed by atoms with Gasteiger partial charge in [0.1, 0.15) is 0 Å². The normalized spacial score (nSPS) is 10.8. The van der Waals surface area contributed by atoms with Crippen molar-refractivity contribution in [3.63, 3.8) is 0 Å². The van der Waals surface area contributed by atoms with Crippen LogP contribution < -0.4 is 5.73 Å². The molecule has 0 atom stereocenters. The van der Waals surface area contributed by atoms with Crippen molar-refractivity contribution >= 4 is 52.4 Å². The maximum Gasteiger partial charge on any atom is 0.0542 e. The molecular weight excluding hydrogens is 329 g/mol. The lowest BCUT2D eigenvalue weighted by atomic mass is 10.2. The van der Waals surface area contributed by atoms with Crippen molar-refractivity contribution in [3.05, 3.63) is 52.0 Å². The Balaban J connectivity index is 1.88. The van der Waals surface area contributed by atoms with Gasteiger partial charge in [0.05, 0.1) is 5.02 Å². The Bertz CT molecular complexity index is 598. The molecule has 5 heteroatoms. The molecule has 2 rings (SSSR count). The molecule has 0 amide bonds. The number of anilines is 1. The van der Waals surface area contributed by atoms with Gasteiger partial charge >= 0.3 is 0 Å². The van der Waals surface area contributed by atoms with Crippen LogP contribution in [0.2, 0.25) is 10.0 Å². The van der Waals surface area contributed by atoms with Gasteiger partial charge in [0, 0.05) is 32.0 Å². The van der Waals surface area contributed by atoms with Crippen LogP contribution in [0.4, 0.5) is 5.69 Å². The molecule has 0 fully saturated rings. The van der Waals surface area contributed by atoms with E-state index in [-0.39, 0.29) is 0 Å². The van der Waals surface area contributed by atoms with Gasteiger partial charge in [0.25, 0.3) is 0 Å². The van der Waals surface area contributed by atoms with Crippen LogP contribution in [-0.2, 0) is 0 Å². The maximum absolute atomic E-state index is 6.14. The topological polar surface area (TPSA) is 26.0 Å². The van der Waals surface area contributed by atoms with Crippen molar-refractivity contribution in [1.82, 2.24) is 0 Å². The van der Waals surface area contributed by atoms with Crippen LogP contribution in [0.25, 0.3) is 0 Å². The summed E-state index contributed by atoms with van der Waals surface area (Å²) in [7, 11) is 0. The van der Waals surface area contributed by atoms with Crippen LogP contribution in [0.1, 0.15) is 5.56 Å². The largest absolute Gasteiger partial charge is 0.398 e. The van der Waals surface area contributed by atoms with E-state index >= 15 is 0 Å². The van der Waals surface area contributed by atoms with E-state index in [4.69, 9.17) is 28.9 Å². The number of rotatable bonds is 5. The number of nitrogens with two attached hydrogens (primary N) is 1. The molecule has 1 nitrogen and oxygen atoms in total. The summed E-state index contributed by atoms with van der Waals surface area (Å²) < 4.78 is 0. The lowest BCUT2D eigenvalue weighted by Gasteiger charge is -2.08. The Morgan fingerprint density at radius 3 is 2.45 bits per heavy atom. The van der Waals surface area contributed by atoms with E-state index in [0.29, 0.717) is 0 Å². The van der Waals surface area contributed by atoms with Crippen LogP contribution in [0.15, 0.2) is 46.2 Å². The highest BCUT2D eigenvalue weighted by Gasteiger charge is 2.04. The summed E-state index contributed by atoms with van der Waals surface area (Å²) in [5, 5.41) is 1.47. The standard InChI is InChI=1S/C15H15Cl2NS2/c1-10-13(18)3-2-4-14(10)19-7-8-20-15-9-11(16)5-6-12(15)17/h2-6,9H,7-8,18H2,1H3. The van der Waals surface area contributed by atoms with E-state index in [1.165, 1.54) is 4.90 Å². The molecule has 0 bridgehead atoms. The van der Waals surface area contributed by atoms with E-state index in [9.17, 15) is 0 Å². The summed E-state index contributed by atoms with van der Waals surface area (Å²) in [6.45, 7) is 2.05. The van der Waals surface area contributed by atoms with Crippen LogP contribution in [-0.4, -0.2) is 11.5 Å². The molecule has 2 aromatic carbocycles. The average Bonchev–Trinajstić information content (AvgIpc) is 2.43. The summed E-state index contributed by atoms with van der Waals surface area (Å²) >= 11 is 15.6. The van der Waals surface area contributed by atoms with Gasteiger partial charge in [-0.3, -0.25) is 0 Å². The second-order valence-corrected chi connectivity index (χ2v) is 7.36. The van der Waals surface area contributed by atoms with Crippen LogP contribution in [0.5, 0.6) is 0 Å². The summed E-state index contributed by atoms with van der Waals surface area (Å²) in [6, 6.07) is 11.6. The Kier molecular flexibility index (Phi) is 5.97. The lowest BCUT2D eigenvalue weighted by Crippen LogP contribution is -1.92. The summed E-state index contributed by atoms with van der Waals surface area (Å²) in [5.74, 6) is 1.97. The zero-order chi connectivity index (χ0) is 14.5. The quantitative estimate of drug-likeness (QED) is 0.424. The predicted octanol–water partition coefficient (Wildman–Crippen LogP) is 5.77. The van der Waals surface area contributed by atoms with E-state index in [1.54, 1.807) is 17.8 Å². The van der Waals surface area contributed by atoms with E-state index in [0.717, 1.165) is 37.7 Å². The zero-order valence-electron chi connectivity index (χ0n) is 11.0. The third-order valence-corrected chi connectivity index (χ3v) is 5.97. The first-order chi connectivity index (χ1) is 9.58. The van der Waals surface area contributed by atoms with E-state index in [2.05, 4.69) is 13.0 Å². The molecule has 0 heterocycles. The van der Waals surface area contributed by atoms with Gasteiger partial charge in [-0.1, -0.05) is 29.3 Å². The highest BCUT2D eigenvalue weighted by Crippen LogP contribution is 2.32. The third kappa shape index (κ3) is 4.26. The van der Waals surface area contributed by atoms with Gasteiger partial charge in [-0.2, -0.15) is 0 Å². The number of thioether (sulfide) groups is 2. The SMILES string of the molecule is Cc1c(N)cccc1SCCSc1cc(Cl)ccc1Cl. The molecule has 106 valence electrons. The minimum Gasteiger partial charge on any atom is -0.398 e. The van der Waals surface area contributed by atoms with Gasteiger partial charge in [-0.25, -0.2) is 0 Å². The average molecular weight is 344 g/mol. The molecule has 0 aromatic heterocycles. The molecular formula is C15H15Cl2NS2. The molecule has 2 N–H and O–H groups in total. The minimum atomic E-state index is 0.719. The number of nitrogen functional groups attached to an aromatic ring is 1. The molecule has 0 unspecified atom stereocenters. The lowest BCUT2D eigenvalue weighted by molar-refractivity contribution is 1.30. The highest BCUT2D eigenvalue weighted by molar-refractivity contribution is 8.03. The molecule has 20 heavy (non-hydrogen) atoms. The third-order valence-electron chi connectivity index (χ3n) is 2.82. The summed E-state index contributed by atoms with van der Waals surface area (Å²) in [4.78, 5) is 2.27. The Hall–Kier alpha value is -0.480. The van der Waals surface area contributed by atoms with E-state index < -0.39 is 0 Å². The monoisotopic (exact) mass is 343 g/mol. The van der Waals surface area contributed by atoms with Gasteiger partial charge in [0.15, 0.2) is 0 Å². The first-order valence-corrected chi connectivity index (χ1v) is 8.86. The highest BCUT2D eigenvalue weighted by atomic mass is 35.5.